The molecule has 2 heterocycles. The molecule has 1 aromatic heterocycles. The van der Waals surface area contributed by atoms with Gasteiger partial charge < -0.3 is 9.80 Å². The van der Waals surface area contributed by atoms with E-state index >= 15 is 0 Å². The second kappa shape index (κ2) is 5.81. The van der Waals surface area contributed by atoms with Gasteiger partial charge >= 0.3 is 0 Å². The van der Waals surface area contributed by atoms with E-state index in [2.05, 4.69) is 42.8 Å². The lowest BCUT2D eigenvalue weighted by molar-refractivity contribution is -0.129. The summed E-state index contributed by atoms with van der Waals surface area (Å²) in [6.07, 6.45) is 3.01. The van der Waals surface area contributed by atoms with E-state index in [1.165, 1.54) is 5.56 Å². The summed E-state index contributed by atoms with van der Waals surface area (Å²) >= 11 is 0. The van der Waals surface area contributed by atoms with E-state index in [1.807, 2.05) is 11.1 Å². The van der Waals surface area contributed by atoms with Gasteiger partial charge in [0.25, 0.3) is 0 Å². The first-order chi connectivity index (χ1) is 9.44. The zero-order valence-corrected chi connectivity index (χ0v) is 13.0. The number of rotatable bonds is 3. The molecular weight excluding hydrogens is 250 g/mol. The van der Waals surface area contributed by atoms with Gasteiger partial charge in [-0.1, -0.05) is 20.8 Å². The maximum Gasteiger partial charge on any atom is 0.219 e. The van der Waals surface area contributed by atoms with E-state index in [0.29, 0.717) is 0 Å². The lowest BCUT2D eigenvalue weighted by Crippen LogP contribution is -2.48. The molecule has 0 spiro atoms. The summed E-state index contributed by atoms with van der Waals surface area (Å²) in [4.78, 5) is 20.0. The molecule has 1 aromatic rings. The second-order valence-corrected chi connectivity index (χ2v) is 6.13. The lowest BCUT2D eigenvalue weighted by atomic mass is 9.83. The molecule has 0 radical (unpaired) electrons. The van der Waals surface area contributed by atoms with Crippen LogP contribution < -0.4 is 4.90 Å². The van der Waals surface area contributed by atoms with Crippen LogP contribution in [0.4, 0.5) is 5.82 Å². The number of amides is 1. The van der Waals surface area contributed by atoms with Crippen molar-refractivity contribution in [3.8, 4) is 0 Å². The van der Waals surface area contributed by atoms with E-state index in [0.717, 1.165) is 38.4 Å². The Morgan fingerprint density at radius 2 is 1.95 bits per heavy atom. The molecule has 1 aliphatic rings. The van der Waals surface area contributed by atoms with Crippen LogP contribution in [-0.4, -0.2) is 42.0 Å². The molecule has 1 saturated heterocycles. The van der Waals surface area contributed by atoms with Crippen LogP contribution in [-0.2, 0) is 10.2 Å². The summed E-state index contributed by atoms with van der Waals surface area (Å²) in [6, 6.07) is 4.31. The van der Waals surface area contributed by atoms with Gasteiger partial charge in [-0.25, -0.2) is 4.98 Å². The molecule has 1 aliphatic heterocycles. The number of aromatic nitrogens is 1. The minimum absolute atomic E-state index is 0.165. The van der Waals surface area contributed by atoms with Crippen molar-refractivity contribution in [1.29, 1.82) is 0 Å². The second-order valence-electron chi connectivity index (χ2n) is 6.13. The van der Waals surface area contributed by atoms with Crippen molar-refractivity contribution in [1.82, 2.24) is 9.88 Å². The molecule has 1 fully saturated rings. The van der Waals surface area contributed by atoms with Gasteiger partial charge in [-0.3, -0.25) is 4.79 Å². The van der Waals surface area contributed by atoms with E-state index < -0.39 is 0 Å². The summed E-state index contributed by atoms with van der Waals surface area (Å²) in [7, 11) is 0. The van der Waals surface area contributed by atoms with Crippen molar-refractivity contribution < 1.29 is 4.79 Å². The predicted octanol–water partition coefficient (Wildman–Crippen LogP) is 2.44. The van der Waals surface area contributed by atoms with Gasteiger partial charge in [-0.15, -0.1) is 0 Å². The van der Waals surface area contributed by atoms with Crippen LogP contribution >= 0.6 is 0 Å². The molecule has 0 unspecified atom stereocenters. The Morgan fingerprint density at radius 3 is 2.50 bits per heavy atom. The zero-order valence-electron chi connectivity index (χ0n) is 13.0. The third kappa shape index (κ3) is 3.11. The molecule has 0 aliphatic carbocycles. The van der Waals surface area contributed by atoms with Gasteiger partial charge in [0, 0.05) is 39.3 Å². The van der Waals surface area contributed by atoms with Crippen LogP contribution in [0.3, 0.4) is 0 Å². The normalized spacial score (nSPS) is 16.4. The summed E-state index contributed by atoms with van der Waals surface area (Å²) in [5.74, 6) is 1.20. The number of nitrogens with zero attached hydrogens (tertiary/aromatic N) is 3. The first kappa shape index (κ1) is 14.8. The molecule has 2 rings (SSSR count). The molecule has 4 heteroatoms. The fourth-order valence-corrected chi connectivity index (χ4v) is 2.47. The molecule has 1 amide bonds. The number of piperazine rings is 1. The average molecular weight is 275 g/mol. The number of hydrogen-bond donors (Lipinski definition) is 0. The van der Waals surface area contributed by atoms with E-state index in [1.54, 1.807) is 6.92 Å². The SMILES string of the molecule is CCC(C)(C)c1ccnc(N2CCN(C(C)=O)CC2)c1. The third-order valence-electron chi connectivity index (χ3n) is 4.46. The minimum Gasteiger partial charge on any atom is -0.353 e. The van der Waals surface area contributed by atoms with Crippen LogP contribution in [0.1, 0.15) is 39.7 Å². The first-order valence-electron chi connectivity index (χ1n) is 7.41. The molecule has 0 N–H and O–H groups in total. The Morgan fingerprint density at radius 1 is 1.30 bits per heavy atom. The van der Waals surface area contributed by atoms with Crippen LogP contribution in [0, 0.1) is 0 Å². The Hall–Kier alpha value is -1.58. The highest BCUT2D eigenvalue weighted by Crippen LogP contribution is 2.28. The molecular formula is C16H25N3O. The van der Waals surface area contributed by atoms with Crippen molar-refractivity contribution in [2.45, 2.75) is 39.5 Å². The number of carbonyl (C=O) groups is 1. The van der Waals surface area contributed by atoms with Crippen LogP contribution in [0.5, 0.6) is 0 Å². The van der Waals surface area contributed by atoms with E-state index in [9.17, 15) is 4.79 Å². The van der Waals surface area contributed by atoms with Crippen molar-refractivity contribution in [2.24, 2.45) is 0 Å². The van der Waals surface area contributed by atoms with Crippen LogP contribution in [0.15, 0.2) is 18.3 Å². The molecule has 4 nitrogen and oxygen atoms in total. The number of anilines is 1. The Balaban J connectivity index is 2.11. The van der Waals surface area contributed by atoms with Gasteiger partial charge in [0.05, 0.1) is 0 Å². The van der Waals surface area contributed by atoms with E-state index in [-0.39, 0.29) is 11.3 Å². The molecule has 20 heavy (non-hydrogen) atoms. The summed E-state index contributed by atoms with van der Waals surface area (Å²) in [5.41, 5.74) is 1.51. The number of pyridine rings is 1. The maximum absolute atomic E-state index is 11.4. The fourth-order valence-electron chi connectivity index (χ4n) is 2.47. The quantitative estimate of drug-likeness (QED) is 0.850. The minimum atomic E-state index is 0.165. The molecule has 0 saturated carbocycles. The predicted molar refractivity (Wildman–Crippen MR) is 82.0 cm³/mol. The molecule has 0 bridgehead atoms. The molecule has 110 valence electrons. The summed E-state index contributed by atoms with van der Waals surface area (Å²) in [6.45, 7) is 11.7. The standard InChI is InChI=1S/C16H25N3O/c1-5-16(3,4)14-6-7-17-15(12-14)19-10-8-18(9-11-19)13(2)20/h6-7,12H,5,8-11H2,1-4H3. The van der Waals surface area contributed by atoms with Gasteiger partial charge in [0.2, 0.25) is 5.91 Å². The van der Waals surface area contributed by atoms with Crippen molar-refractivity contribution in [2.75, 3.05) is 31.1 Å². The van der Waals surface area contributed by atoms with Gasteiger partial charge in [0.15, 0.2) is 0 Å². The van der Waals surface area contributed by atoms with Crippen molar-refractivity contribution in [3.05, 3.63) is 23.9 Å². The molecule has 0 atom stereocenters. The fraction of sp³-hybridized carbons (Fsp3) is 0.625. The average Bonchev–Trinajstić information content (AvgIpc) is 2.47. The zero-order chi connectivity index (χ0) is 14.8. The van der Waals surface area contributed by atoms with Gasteiger partial charge in [-0.05, 0) is 29.5 Å². The van der Waals surface area contributed by atoms with Gasteiger partial charge in [-0.2, -0.15) is 0 Å². The summed E-state index contributed by atoms with van der Waals surface area (Å²) < 4.78 is 0. The first-order valence-corrected chi connectivity index (χ1v) is 7.41. The highest BCUT2D eigenvalue weighted by molar-refractivity contribution is 5.73. The Bertz CT molecular complexity index is 476. The Labute approximate surface area is 121 Å². The number of carbonyl (C=O) groups excluding carboxylic acids is 1. The maximum atomic E-state index is 11.4. The lowest BCUT2D eigenvalue weighted by Gasteiger charge is -2.35. The third-order valence-corrected chi connectivity index (χ3v) is 4.46. The van der Waals surface area contributed by atoms with Crippen LogP contribution in [0.2, 0.25) is 0 Å². The summed E-state index contributed by atoms with van der Waals surface area (Å²) in [5, 5.41) is 0. The Kier molecular flexibility index (Phi) is 4.31. The monoisotopic (exact) mass is 275 g/mol. The van der Waals surface area contributed by atoms with E-state index in [4.69, 9.17) is 0 Å². The number of hydrogen-bond acceptors (Lipinski definition) is 3. The van der Waals surface area contributed by atoms with Crippen molar-refractivity contribution >= 4 is 11.7 Å². The highest BCUT2D eigenvalue weighted by atomic mass is 16.2. The topological polar surface area (TPSA) is 36.4 Å². The smallest absolute Gasteiger partial charge is 0.219 e. The molecule has 0 aromatic carbocycles. The van der Waals surface area contributed by atoms with Crippen LogP contribution in [0.25, 0.3) is 0 Å². The highest BCUT2D eigenvalue weighted by Gasteiger charge is 2.22. The van der Waals surface area contributed by atoms with Gasteiger partial charge in [0.1, 0.15) is 5.82 Å². The largest absolute Gasteiger partial charge is 0.353 e. The van der Waals surface area contributed by atoms with Crippen molar-refractivity contribution in [3.63, 3.8) is 0 Å².